The molecule has 0 fully saturated rings. The van der Waals surface area contributed by atoms with Crippen LogP contribution in [0.15, 0.2) is 22.7 Å². The summed E-state index contributed by atoms with van der Waals surface area (Å²) in [5, 5.41) is -0.408. The van der Waals surface area contributed by atoms with Gasteiger partial charge in [-0.15, -0.1) is 11.6 Å². The molecule has 0 aliphatic carbocycles. The van der Waals surface area contributed by atoms with Gasteiger partial charge in [0.15, 0.2) is 0 Å². The van der Waals surface area contributed by atoms with Gasteiger partial charge in [-0.05, 0) is 46.5 Å². The highest BCUT2D eigenvalue weighted by Gasteiger charge is 2.27. The Morgan fingerprint density at radius 1 is 1.29 bits per heavy atom. The first-order valence-corrected chi connectivity index (χ1v) is 7.77. The summed E-state index contributed by atoms with van der Waals surface area (Å²) in [5.41, 5.74) is 0.808. The fourth-order valence-corrected chi connectivity index (χ4v) is 2.32. The molecular weight excluding hydrogens is 373 g/mol. The van der Waals surface area contributed by atoms with Gasteiger partial charge in [0.2, 0.25) is 0 Å². The largest absolute Gasteiger partial charge is 0.492 e. The molecule has 1 unspecified atom stereocenters. The molecule has 0 saturated carbocycles. The summed E-state index contributed by atoms with van der Waals surface area (Å²) in [6, 6.07) is 5.41. The van der Waals surface area contributed by atoms with Gasteiger partial charge in [0.1, 0.15) is 12.4 Å². The molecule has 0 heterocycles. The van der Waals surface area contributed by atoms with Gasteiger partial charge in [-0.3, -0.25) is 0 Å². The van der Waals surface area contributed by atoms with E-state index >= 15 is 0 Å². The molecular formula is C14H17BrClF3O2. The molecule has 1 aromatic carbocycles. The van der Waals surface area contributed by atoms with Crippen molar-refractivity contribution in [3.8, 4) is 5.75 Å². The summed E-state index contributed by atoms with van der Waals surface area (Å²) >= 11 is 9.55. The van der Waals surface area contributed by atoms with Crippen LogP contribution in [0.1, 0.15) is 30.7 Å². The molecule has 1 atom stereocenters. The van der Waals surface area contributed by atoms with E-state index in [9.17, 15) is 13.2 Å². The number of hydrogen-bond donors (Lipinski definition) is 0. The molecule has 0 bridgehead atoms. The fourth-order valence-electron chi connectivity index (χ4n) is 1.58. The van der Waals surface area contributed by atoms with Crippen LogP contribution in [0.5, 0.6) is 5.75 Å². The molecule has 0 amide bonds. The van der Waals surface area contributed by atoms with Crippen LogP contribution >= 0.6 is 27.5 Å². The second-order valence-electron chi connectivity index (χ2n) is 4.46. The van der Waals surface area contributed by atoms with Gasteiger partial charge in [0.05, 0.1) is 16.5 Å². The minimum absolute atomic E-state index is 0.0423. The van der Waals surface area contributed by atoms with E-state index in [1.165, 1.54) is 0 Å². The summed E-state index contributed by atoms with van der Waals surface area (Å²) < 4.78 is 46.6. The first kappa shape index (κ1) is 18.6. The van der Waals surface area contributed by atoms with Crippen molar-refractivity contribution in [2.45, 2.75) is 31.3 Å². The Morgan fingerprint density at radius 3 is 2.57 bits per heavy atom. The van der Waals surface area contributed by atoms with Crippen molar-refractivity contribution >= 4 is 27.5 Å². The molecule has 2 nitrogen and oxygen atoms in total. The van der Waals surface area contributed by atoms with E-state index in [1.54, 1.807) is 12.1 Å². The molecule has 0 aliphatic heterocycles. The van der Waals surface area contributed by atoms with Crippen molar-refractivity contribution in [2.75, 3.05) is 19.8 Å². The molecule has 1 rings (SSSR count). The SMILES string of the molecule is CCCOc1ccc(C(Cl)CCOCC(F)(F)F)cc1Br. The maximum absolute atomic E-state index is 11.9. The number of rotatable bonds is 8. The van der Waals surface area contributed by atoms with Gasteiger partial charge in [-0.1, -0.05) is 13.0 Å². The lowest BCUT2D eigenvalue weighted by atomic mass is 10.1. The fraction of sp³-hybridized carbons (Fsp3) is 0.571. The first-order chi connectivity index (χ1) is 9.83. The molecule has 0 aromatic heterocycles. The maximum atomic E-state index is 11.9. The summed E-state index contributed by atoms with van der Waals surface area (Å²) in [7, 11) is 0. The normalized spacial score (nSPS) is 13.2. The van der Waals surface area contributed by atoms with Crippen LogP contribution in [0.25, 0.3) is 0 Å². The van der Waals surface area contributed by atoms with Crippen molar-refractivity contribution in [1.29, 1.82) is 0 Å². The average molecular weight is 390 g/mol. The number of ether oxygens (including phenoxy) is 2. The van der Waals surface area contributed by atoms with Crippen LogP contribution in [0.3, 0.4) is 0 Å². The molecule has 7 heteroatoms. The van der Waals surface area contributed by atoms with E-state index in [1.807, 2.05) is 13.0 Å². The van der Waals surface area contributed by atoms with Gasteiger partial charge in [-0.25, -0.2) is 0 Å². The molecule has 21 heavy (non-hydrogen) atoms. The van der Waals surface area contributed by atoms with Crippen molar-refractivity contribution in [1.82, 2.24) is 0 Å². The summed E-state index contributed by atoms with van der Waals surface area (Å²) in [6.45, 7) is 1.34. The van der Waals surface area contributed by atoms with Crippen molar-refractivity contribution in [3.63, 3.8) is 0 Å². The average Bonchev–Trinajstić information content (AvgIpc) is 2.41. The van der Waals surface area contributed by atoms with E-state index < -0.39 is 18.2 Å². The smallest absolute Gasteiger partial charge is 0.411 e. The number of halogens is 5. The van der Waals surface area contributed by atoms with E-state index in [2.05, 4.69) is 20.7 Å². The lowest BCUT2D eigenvalue weighted by Crippen LogP contribution is -2.17. The van der Waals surface area contributed by atoms with E-state index in [0.29, 0.717) is 13.0 Å². The molecule has 0 aliphatic rings. The van der Waals surface area contributed by atoms with E-state index in [-0.39, 0.29) is 6.61 Å². The van der Waals surface area contributed by atoms with Gasteiger partial charge < -0.3 is 9.47 Å². The number of benzene rings is 1. The Hall–Kier alpha value is -0.460. The molecule has 1 aromatic rings. The third kappa shape index (κ3) is 7.38. The van der Waals surface area contributed by atoms with Gasteiger partial charge in [-0.2, -0.15) is 13.2 Å². The molecule has 0 N–H and O–H groups in total. The van der Waals surface area contributed by atoms with Gasteiger partial charge in [0.25, 0.3) is 0 Å². The minimum atomic E-state index is -4.30. The second kappa shape index (κ2) is 8.86. The molecule has 120 valence electrons. The highest BCUT2D eigenvalue weighted by molar-refractivity contribution is 9.10. The summed E-state index contributed by atoms with van der Waals surface area (Å²) in [5.74, 6) is 0.720. The zero-order valence-electron chi connectivity index (χ0n) is 11.6. The van der Waals surface area contributed by atoms with Crippen LogP contribution < -0.4 is 4.74 Å². The Balaban J connectivity index is 2.47. The third-order valence-electron chi connectivity index (χ3n) is 2.56. The van der Waals surface area contributed by atoms with Gasteiger partial charge >= 0.3 is 6.18 Å². The maximum Gasteiger partial charge on any atom is 0.411 e. The highest BCUT2D eigenvalue weighted by atomic mass is 79.9. The Kier molecular flexibility index (Phi) is 7.84. The minimum Gasteiger partial charge on any atom is -0.492 e. The van der Waals surface area contributed by atoms with Crippen LogP contribution in [-0.4, -0.2) is 26.0 Å². The predicted octanol–water partition coefficient (Wildman–Crippen LogP) is 5.49. The molecule has 0 radical (unpaired) electrons. The predicted molar refractivity (Wildman–Crippen MR) is 80.0 cm³/mol. The summed E-state index contributed by atoms with van der Waals surface area (Å²) in [4.78, 5) is 0. The van der Waals surface area contributed by atoms with Crippen molar-refractivity contribution in [3.05, 3.63) is 28.2 Å². The number of alkyl halides is 4. The Labute approximate surface area is 135 Å². The van der Waals surface area contributed by atoms with Crippen LogP contribution in [0, 0.1) is 0 Å². The molecule has 0 spiro atoms. The van der Waals surface area contributed by atoms with Crippen molar-refractivity contribution < 1.29 is 22.6 Å². The van der Waals surface area contributed by atoms with Crippen LogP contribution in [0.2, 0.25) is 0 Å². The second-order valence-corrected chi connectivity index (χ2v) is 5.84. The zero-order chi connectivity index (χ0) is 15.9. The summed E-state index contributed by atoms with van der Waals surface area (Å²) in [6.07, 6.45) is -3.09. The van der Waals surface area contributed by atoms with Crippen LogP contribution in [-0.2, 0) is 4.74 Å². The topological polar surface area (TPSA) is 18.5 Å². The first-order valence-electron chi connectivity index (χ1n) is 6.54. The van der Waals surface area contributed by atoms with Gasteiger partial charge in [0, 0.05) is 6.61 Å². The third-order valence-corrected chi connectivity index (χ3v) is 3.65. The van der Waals surface area contributed by atoms with Crippen LogP contribution in [0.4, 0.5) is 13.2 Å². The van der Waals surface area contributed by atoms with E-state index in [4.69, 9.17) is 16.3 Å². The Morgan fingerprint density at radius 2 is 2.00 bits per heavy atom. The lowest BCUT2D eigenvalue weighted by molar-refractivity contribution is -0.174. The van der Waals surface area contributed by atoms with E-state index in [0.717, 1.165) is 22.2 Å². The monoisotopic (exact) mass is 388 g/mol. The zero-order valence-corrected chi connectivity index (χ0v) is 13.9. The lowest BCUT2D eigenvalue weighted by Gasteiger charge is -2.13. The number of hydrogen-bond acceptors (Lipinski definition) is 2. The Bertz CT molecular complexity index is 441. The highest BCUT2D eigenvalue weighted by Crippen LogP contribution is 2.32. The quantitative estimate of drug-likeness (QED) is 0.432. The standard InChI is InChI=1S/C14H17BrClF3O2/c1-2-6-21-13-4-3-10(8-11(13)15)12(16)5-7-20-9-14(17,18)19/h3-4,8,12H,2,5-7,9H2,1H3. The van der Waals surface area contributed by atoms with Crippen molar-refractivity contribution in [2.24, 2.45) is 0 Å². The molecule has 0 saturated heterocycles.